The fourth-order valence-electron chi connectivity index (χ4n) is 2.18. The molecule has 0 heterocycles. The Morgan fingerprint density at radius 2 is 1.86 bits per heavy atom. The Hall–Kier alpha value is -1.04. The molecule has 0 amide bonds. The average Bonchev–Trinajstić information content (AvgIpc) is 2.50. The quantitative estimate of drug-likeness (QED) is 0.559. The second-order valence-corrected chi connectivity index (χ2v) is 6.64. The molecule has 0 N–H and O–H groups in total. The monoisotopic (exact) mass is 320 g/mol. The van der Waals surface area contributed by atoms with Crippen LogP contribution in [0.1, 0.15) is 31.7 Å². The minimum atomic E-state index is 0.721. The van der Waals surface area contributed by atoms with Crippen LogP contribution in [0, 0.1) is 0 Å². The van der Waals surface area contributed by atoms with Crippen LogP contribution in [0.4, 0.5) is 0 Å². The van der Waals surface area contributed by atoms with Crippen LogP contribution in [0.15, 0.2) is 48.5 Å². The summed E-state index contributed by atoms with van der Waals surface area (Å²) in [5.41, 5.74) is 2.06. The van der Waals surface area contributed by atoms with Crippen LogP contribution in [0.3, 0.4) is 0 Å². The normalized spacial score (nSPS) is 12.1. The smallest absolute Gasteiger partial charge is 0.127 e. The van der Waals surface area contributed by atoms with E-state index in [0.29, 0.717) is 0 Å². The predicted molar refractivity (Wildman–Crippen MR) is 94.7 cm³/mol. The lowest BCUT2D eigenvalue weighted by Gasteiger charge is -2.09. The number of hydrogen-bond donors (Lipinski definition) is 0. The molecule has 112 valence electrons. The van der Waals surface area contributed by atoms with Gasteiger partial charge in [0.15, 0.2) is 0 Å². The van der Waals surface area contributed by atoms with Crippen molar-refractivity contribution in [3.63, 3.8) is 0 Å². The van der Waals surface area contributed by atoms with Gasteiger partial charge in [-0.1, -0.05) is 30.7 Å². The van der Waals surface area contributed by atoms with Gasteiger partial charge in [-0.25, -0.2) is 0 Å². The SMILES string of the molecule is CCC(P)CCCc1cccc(Oc2ccc(Cl)cc2)c1. The standard InChI is InChI=1S/C18H22ClOP/c1-2-18(21)8-4-6-14-5-3-7-17(13-14)20-16-11-9-15(19)10-12-16/h3,5,7,9-13,18H,2,4,6,8,21H2,1H3. The van der Waals surface area contributed by atoms with Crippen molar-refractivity contribution in [1.82, 2.24) is 0 Å². The zero-order valence-electron chi connectivity index (χ0n) is 12.4. The Balaban J connectivity index is 1.92. The summed E-state index contributed by atoms with van der Waals surface area (Å²) >= 11 is 5.88. The van der Waals surface area contributed by atoms with E-state index in [1.165, 1.54) is 24.8 Å². The van der Waals surface area contributed by atoms with E-state index in [1.54, 1.807) is 0 Å². The highest BCUT2D eigenvalue weighted by Crippen LogP contribution is 2.24. The largest absolute Gasteiger partial charge is 0.457 e. The lowest BCUT2D eigenvalue weighted by Crippen LogP contribution is -1.96. The van der Waals surface area contributed by atoms with Crippen molar-refractivity contribution in [2.75, 3.05) is 0 Å². The molecule has 2 aromatic carbocycles. The van der Waals surface area contributed by atoms with Crippen molar-refractivity contribution < 1.29 is 4.74 Å². The Bertz CT molecular complexity index is 553. The molecule has 0 aliphatic carbocycles. The third-order valence-corrected chi connectivity index (χ3v) is 4.57. The van der Waals surface area contributed by atoms with E-state index in [4.69, 9.17) is 16.3 Å². The molecule has 0 aliphatic heterocycles. The minimum Gasteiger partial charge on any atom is -0.457 e. The van der Waals surface area contributed by atoms with Crippen LogP contribution in [-0.2, 0) is 6.42 Å². The summed E-state index contributed by atoms with van der Waals surface area (Å²) in [5.74, 6) is 1.69. The van der Waals surface area contributed by atoms with Crippen molar-refractivity contribution in [2.45, 2.75) is 38.3 Å². The Morgan fingerprint density at radius 3 is 2.57 bits per heavy atom. The fraction of sp³-hybridized carbons (Fsp3) is 0.333. The molecule has 0 aromatic heterocycles. The molecule has 2 atom stereocenters. The summed E-state index contributed by atoms with van der Waals surface area (Å²) in [4.78, 5) is 0. The highest BCUT2D eigenvalue weighted by molar-refractivity contribution is 7.17. The molecule has 2 aromatic rings. The predicted octanol–water partition coefficient (Wildman–Crippen LogP) is 6.11. The van der Waals surface area contributed by atoms with Crippen LogP contribution < -0.4 is 4.74 Å². The lowest BCUT2D eigenvalue weighted by atomic mass is 10.1. The lowest BCUT2D eigenvalue weighted by molar-refractivity contribution is 0.482. The second kappa shape index (κ2) is 8.41. The molecule has 0 radical (unpaired) electrons. The number of halogens is 1. The van der Waals surface area contributed by atoms with E-state index in [9.17, 15) is 0 Å². The summed E-state index contributed by atoms with van der Waals surface area (Å²) in [6.07, 6.45) is 4.79. The van der Waals surface area contributed by atoms with Gasteiger partial charge in [-0.15, -0.1) is 9.24 Å². The van der Waals surface area contributed by atoms with E-state index in [0.717, 1.165) is 28.6 Å². The van der Waals surface area contributed by atoms with Gasteiger partial charge in [-0.3, -0.25) is 0 Å². The first-order chi connectivity index (χ1) is 10.2. The van der Waals surface area contributed by atoms with Crippen molar-refractivity contribution >= 4 is 20.8 Å². The maximum atomic E-state index is 5.88. The average molecular weight is 321 g/mol. The molecule has 0 saturated carbocycles. The molecule has 0 spiro atoms. The molecule has 2 rings (SSSR count). The molecular weight excluding hydrogens is 299 g/mol. The summed E-state index contributed by atoms with van der Waals surface area (Å²) in [6, 6.07) is 15.8. The van der Waals surface area contributed by atoms with Crippen molar-refractivity contribution in [2.24, 2.45) is 0 Å². The van der Waals surface area contributed by atoms with Crippen LogP contribution in [-0.4, -0.2) is 5.66 Å². The molecule has 3 heteroatoms. The summed E-state index contributed by atoms with van der Waals surface area (Å²) in [7, 11) is 2.92. The Morgan fingerprint density at radius 1 is 1.10 bits per heavy atom. The molecule has 0 saturated heterocycles. The minimum absolute atomic E-state index is 0.721. The number of benzene rings is 2. The van der Waals surface area contributed by atoms with E-state index in [1.807, 2.05) is 30.3 Å². The van der Waals surface area contributed by atoms with Gasteiger partial charge in [0.2, 0.25) is 0 Å². The zero-order valence-corrected chi connectivity index (χ0v) is 14.3. The van der Waals surface area contributed by atoms with E-state index < -0.39 is 0 Å². The van der Waals surface area contributed by atoms with Gasteiger partial charge in [0, 0.05) is 5.02 Å². The second-order valence-electron chi connectivity index (χ2n) is 5.26. The molecule has 0 aliphatic rings. The number of rotatable bonds is 7. The summed E-state index contributed by atoms with van der Waals surface area (Å²) < 4.78 is 5.86. The third-order valence-electron chi connectivity index (χ3n) is 3.51. The molecular formula is C18H22ClOP. The van der Waals surface area contributed by atoms with Gasteiger partial charge in [0.05, 0.1) is 0 Å². The van der Waals surface area contributed by atoms with Gasteiger partial charge in [0.25, 0.3) is 0 Å². The van der Waals surface area contributed by atoms with Crippen LogP contribution in [0.25, 0.3) is 0 Å². The number of ether oxygens (including phenoxy) is 1. The third kappa shape index (κ3) is 5.69. The summed E-state index contributed by atoms with van der Waals surface area (Å²) in [6.45, 7) is 2.23. The maximum Gasteiger partial charge on any atom is 0.127 e. The van der Waals surface area contributed by atoms with Crippen LogP contribution >= 0.6 is 20.8 Å². The fourth-order valence-corrected chi connectivity index (χ4v) is 2.54. The number of aryl methyl sites for hydroxylation is 1. The summed E-state index contributed by atoms with van der Waals surface area (Å²) in [5, 5.41) is 0.721. The first-order valence-corrected chi connectivity index (χ1v) is 8.50. The van der Waals surface area contributed by atoms with Crippen molar-refractivity contribution in [3.8, 4) is 11.5 Å². The van der Waals surface area contributed by atoms with Crippen LogP contribution in [0.5, 0.6) is 11.5 Å². The highest BCUT2D eigenvalue weighted by atomic mass is 35.5. The Labute approximate surface area is 134 Å². The highest BCUT2D eigenvalue weighted by Gasteiger charge is 2.02. The Kier molecular flexibility index (Phi) is 6.54. The van der Waals surface area contributed by atoms with Crippen LogP contribution in [0.2, 0.25) is 5.02 Å². The van der Waals surface area contributed by atoms with Gasteiger partial charge in [-0.2, -0.15) is 0 Å². The first kappa shape index (κ1) is 16.3. The van der Waals surface area contributed by atoms with Crippen molar-refractivity contribution in [1.29, 1.82) is 0 Å². The number of hydrogen-bond acceptors (Lipinski definition) is 1. The first-order valence-electron chi connectivity index (χ1n) is 7.45. The van der Waals surface area contributed by atoms with Crippen molar-refractivity contribution in [3.05, 3.63) is 59.1 Å². The van der Waals surface area contributed by atoms with Gasteiger partial charge >= 0.3 is 0 Å². The van der Waals surface area contributed by atoms with Gasteiger partial charge in [-0.05, 0) is 73.3 Å². The molecule has 2 unspecified atom stereocenters. The van der Waals surface area contributed by atoms with E-state index in [-0.39, 0.29) is 0 Å². The van der Waals surface area contributed by atoms with E-state index in [2.05, 4.69) is 34.4 Å². The molecule has 0 fully saturated rings. The zero-order chi connectivity index (χ0) is 15.1. The maximum absolute atomic E-state index is 5.88. The van der Waals surface area contributed by atoms with E-state index >= 15 is 0 Å². The molecule has 0 bridgehead atoms. The molecule has 1 nitrogen and oxygen atoms in total. The topological polar surface area (TPSA) is 9.23 Å². The van der Waals surface area contributed by atoms with Gasteiger partial charge < -0.3 is 4.74 Å². The molecule has 21 heavy (non-hydrogen) atoms. The van der Waals surface area contributed by atoms with Gasteiger partial charge in [0.1, 0.15) is 11.5 Å².